The van der Waals surface area contributed by atoms with Gasteiger partial charge >= 0.3 is 0 Å². The maximum Gasteiger partial charge on any atom is 0.134 e. The van der Waals surface area contributed by atoms with Crippen molar-refractivity contribution >= 4 is 23.5 Å². The molecule has 3 aliphatic rings. The molecule has 3 nitrogen and oxygen atoms in total. The molecule has 1 aromatic rings. The molecule has 0 amide bonds. The van der Waals surface area contributed by atoms with Gasteiger partial charge in [-0.25, -0.2) is 0 Å². The smallest absolute Gasteiger partial charge is 0.134 e. The minimum Gasteiger partial charge on any atom is -0.302 e. The Bertz CT molecular complexity index is 430. The molecule has 0 radical (unpaired) electrons. The number of hydrogen-bond donors (Lipinski definition) is 0. The van der Waals surface area contributed by atoms with E-state index in [9.17, 15) is 0 Å². The van der Waals surface area contributed by atoms with Gasteiger partial charge in [-0.15, -0.1) is 11.8 Å². The monoisotopic (exact) mass is 281 g/mol. The molecule has 3 atom stereocenters. The summed E-state index contributed by atoms with van der Waals surface area (Å²) in [5, 5.41) is 1.26. The second kappa shape index (κ2) is 4.76. The number of rotatable bonds is 4. The van der Waals surface area contributed by atoms with Gasteiger partial charge in [-0.2, -0.15) is 8.75 Å². The van der Waals surface area contributed by atoms with Crippen molar-refractivity contribution in [2.45, 2.75) is 36.6 Å². The molecule has 5 heteroatoms. The van der Waals surface area contributed by atoms with Crippen LogP contribution < -0.4 is 0 Å². The average Bonchev–Trinajstić information content (AvgIpc) is 3.03. The quantitative estimate of drug-likeness (QED) is 0.794. The first-order valence-electron chi connectivity index (χ1n) is 7.08. The Morgan fingerprint density at radius 2 is 2.17 bits per heavy atom. The van der Waals surface area contributed by atoms with Crippen LogP contribution in [0.4, 0.5) is 0 Å². The normalized spacial score (nSPS) is 35.0. The maximum absolute atomic E-state index is 4.64. The molecule has 98 valence electrons. The molecule has 0 N–H and O–H groups in total. The summed E-state index contributed by atoms with van der Waals surface area (Å²) in [6.45, 7) is 3.83. The van der Waals surface area contributed by atoms with Crippen molar-refractivity contribution < 1.29 is 0 Å². The molecule has 2 bridgehead atoms. The third kappa shape index (κ3) is 2.21. The largest absolute Gasteiger partial charge is 0.302 e. The number of hydrogen-bond acceptors (Lipinski definition) is 5. The van der Waals surface area contributed by atoms with Gasteiger partial charge in [-0.05, 0) is 44.1 Å². The highest BCUT2D eigenvalue weighted by molar-refractivity contribution is 7.99. The SMILES string of the molecule is C1C[C@@H]2CN(C1)C[C@H]2c1nsnc1SCC1CC1. The number of piperidine rings is 1. The Balaban J connectivity index is 1.51. The molecule has 1 unspecified atom stereocenters. The molecule has 1 aromatic heterocycles. The Hall–Kier alpha value is -0.130. The topological polar surface area (TPSA) is 29.0 Å². The molecule has 18 heavy (non-hydrogen) atoms. The second-order valence-electron chi connectivity index (χ2n) is 5.98. The third-order valence-corrected chi connectivity index (χ3v) is 6.42. The van der Waals surface area contributed by atoms with Crippen molar-refractivity contribution in [2.75, 3.05) is 25.4 Å². The van der Waals surface area contributed by atoms with Crippen LogP contribution in [0.15, 0.2) is 5.03 Å². The molecule has 1 aliphatic carbocycles. The van der Waals surface area contributed by atoms with Crippen molar-refractivity contribution in [3.63, 3.8) is 0 Å². The van der Waals surface area contributed by atoms with Crippen LogP contribution in [0.25, 0.3) is 0 Å². The van der Waals surface area contributed by atoms with Crippen molar-refractivity contribution in [2.24, 2.45) is 11.8 Å². The van der Waals surface area contributed by atoms with E-state index in [1.54, 1.807) is 0 Å². The predicted octanol–water partition coefficient (Wildman–Crippen LogP) is 2.85. The van der Waals surface area contributed by atoms with Crippen molar-refractivity contribution in [3.05, 3.63) is 5.69 Å². The summed E-state index contributed by atoms with van der Waals surface area (Å²) >= 11 is 3.38. The van der Waals surface area contributed by atoms with Gasteiger partial charge in [0, 0.05) is 24.8 Å². The Morgan fingerprint density at radius 1 is 1.22 bits per heavy atom. The molecular formula is C13H19N3S2. The van der Waals surface area contributed by atoms with Crippen LogP contribution in [0.5, 0.6) is 0 Å². The summed E-state index contributed by atoms with van der Waals surface area (Å²) in [5.74, 6) is 3.76. The van der Waals surface area contributed by atoms with Crippen LogP contribution in [0.3, 0.4) is 0 Å². The first-order valence-corrected chi connectivity index (χ1v) is 8.79. The van der Waals surface area contributed by atoms with E-state index in [1.807, 2.05) is 11.8 Å². The highest BCUT2D eigenvalue weighted by atomic mass is 32.2. The summed E-state index contributed by atoms with van der Waals surface area (Å²) in [5.41, 5.74) is 1.33. The van der Waals surface area contributed by atoms with E-state index < -0.39 is 0 Å². The van der Waals surface area contributed by atoms with E-state index in [-0.39, 0.29) is 0 Å². The molecule has 3 heterocycles. The first-order chi connectivity index (χ1) is 8.90. The van der Waals surface area contributed by atoms with Crippen LogP contribution in [-0.4, -0.2) is 39.0 Å². The molecule has 1 saturated carbocycles. The fourth-order valence-electron chi connectivity index (χ4n) is 3.32. The zero-order valence-electron chi connectivity index (χ0n) is 10.5. The van der Waals surface area contributed by atoms with E-state index in [0.29, 0.717) is 5.92 Å². The van der Waals surface area contributed by atoms with Crippen LogP contribution >= 0.6 is 23.5 Å². The van der Waals surface area contributed by atoms with Gasteiger partial charge in [0.15, 0.2) is 0 Å². The molecule has 0 spiro atoms. The predicted molar refractivity (Wildman–Crippen MR) is 75.3 cm³/mol. The summed E-state index contributed by atoms with van der Waals surface area (Å²) < 4.78 is 9.19. The molecule has 2 aliphatic heterocycles. The summed E-state index contributed by atoms with van der Waals surface area (Å²) in [6, 6.07) is 0. The number of nitrogens with zero attached hydrogens (tertiary/aromatic N) is 3. The van der Waals surface area contributed by atoms with Gasteiger partial charge in [0.1, 0.15) is 5.03 Å². The lowest BCUT2D eigenvalue weighted by Gasteiger charge is -2.21. The summed E-state index contributed by atoms with van der Waals surface area (Å²) in [6.07, 6.45) is 5.63. The second-order valence-corrected chi connectivity index (χ2v) is 7.51. The maximum atomic E-state index is 4.64. The highest BCUT2D eigenvalue weighted by Crippen LogP contribution is 2.42. The molecule has 3 fully saturated rings. The zero-order valence-corrected chi connectivity index (χ0v) is 12.2. The van der Waals surface area contributed by atoms with Crippen LogP contribution in [-0.2, 0) is 0 Å². The average molecular weight is 281 g/mol. The van der Waals surface area contributed by atoms with E-state index >= 15 is 0 Å². The van der Waals surface area contributed by atoms with Gasteiger partial charge in [-0.3, -0.25) is 0 Å². The van der Waals surface area contributed by atoms with E-state index in [1.165, 1.54) is 73.5 Å². The van der Waals surface area contributed by atoms with Gasteiger partial charge in [0.05, 0.1) is 17.4 Å². The van der Waals surface area contributed by atoms with E-state index in [4.69, 9.17) is 0 Å². The van der Waals surface area contributed by atoms with Gasteiger partial charge in [0.25, 0.3) is 0 Å². The lowest BCUT2D eigenvalue weighted by Crippen LogP contribution is -2.25. The summed E-state index contributed by atoms with van der Waals surface area (Å²) in [4.78, 5) is 2.62. The standard InChI is InChI=1S/C13H19N3S2/c1-2-10-6-16(5-1)7-11(10)12-13(15-18-14-12)17-8-9-3-4-9/h9-11H,1-8H2/t10-,11-/m1/s1. The minimum atomic E-state index is 0.674. The van der Waals surface area contributed by atoms with Gasteiger partial charge in [-0.1, -0.05) is 0 Å². The lowest BCUT2D eigenvalue weighted by atomic mass is 9.89. The van der Waals surface area contributed by atoms with E-state index in [2.05, 4.69) is 13.6 Å². The van der Waals surface area contributed by atoms with Gasteiger partial charge in [0.2, 0.25) is 0 Å². The van der Waals surface area contributed by atoms with E-state index in [0.717, 1.165) is 11.8 Å². The number of aromatic nitrogens is 2. The van der Waals surface area contributed by atoms with Crippen LogP contribution in [0.2, 0.25) is 0 Å². The third-order valence-electron chi connectivity index (χ3n) is 4.55. The Kier molecular flexibility index (Phi) is 3.09. The Morgan fingerprint density at radius 3 is 3.00 bits per heavy atom. The number of fused-ring (bicyclic) bond motifs is 2. The summed E-state index contributed by atoms with van der Waals surface area (Å²) in [7, 11) is 0. The fraction of sp³-hybridized carbons (Fsp3) is 0.846. The zero-order chi connectivity index (χ0) is 11.9. The minimum absolute atomic E-state index is 0.674. The molecule has 0 aromatic carbocycles. The Labute approximate surface area is 117 Å². The van der Waals surface area contributed by atoms with Crippen molar-refractivity contribution in [1.29, 1.82) is 0 Å². The van der Waals surface area contributed by atoms with Crippen LogP contribution in [0, 0.1) is 11.8 Å². The number of thioether (sulfide) groups is 1. The fourth-order valence-corrected chi connectivity index (χ4v) is 5.28. The van der Waals surface area contributed by atoms with Gasteiger partial charge < -0.3 is 4.90 Å². The van der Waals surface area contributed by atoms with Crippen molar-refractivity contribution in [3.8, 4) is 0 Å². The first kappa shape index (κ1) is 11.7. The molecule has 2 saturated heterocycles. The molecular weight excluding hydrogens is 262 g/mol. The van der Waals surface area contributed by atoms with Crippen molar-refractivity contribution in [1.82, 2.24) is 13.6 Å². The highest BCUT2D eigenvalue weighted by Gasteiger charge is 2.39. The van der Waals surface area contributed by atoms with Crippen LogP contribution in [0.1, 0.15) is 37.3 Å². The lowest BCUT2D eigenvalue weighted by molar-refractivity contribution is 0.269. The molecule has 4 rings (SSSR count).